The molecule has 1 atom stereocenters. The topological polar surface area (TPSA) is 67.4 Å². The minimum atomic E-state index is -0.976. The van der Waals surface area contributed by atoms with Crippen molar-refractivity contribution in [3.8, 4) is 0 Å². The summed E-state index contributed by atoms with van der Waals surface area (Å²) in [5.41, 5.74) is -0.00418. The molecule has 1 aromatic heterocycles. The average molecular weight is 475 g/mol. The van der Waals surface area contributed by atoms with E-state index in [1.807, 2.05) is 20.8 Å². The minimum Gasteiger partial charge on any atom is -0.447 e. The van der Waals surface area contributed by atoms with E-state index in [9.17, 15) is 18.4 Å². The Morgan fingerprint density at radius 1 is 1.21 bits per heavy atom. The highest BCUT2D eigenvalue weighted by Gasteiger charge is 2.20. The van der Waals surface area contributed by atoms with Crippen molar-refractivity contribution in [1.29, 1.82) is 0 Å². The first kappa shape index (κ1) is 22.3. The van der Waals surface area contributed by atoms with Crippen LogP contribution in [0.15, 0.2) is 34.1 Å². The molecule has 2 amide bonds. The lowest BCUT2D eigenvalue weighted by Gasteiger charge is -2.22. The minimum absolute atomic E-state index is 0.126. The van der Waals surface area contributed by atoms with E-state index >= 15 is 0 Å². The van der Waals surface area contributed by atoms with Crippen LogP contribution in [0.25, 0.3) is 0 Å². The van der Waals surface area contributed by atoms with Crippen LogP contribution in [0, 0.1) is 11.6 Å². The van der Waals surface area contributed by atoms with Gasteiger partial charge < -0.3 is 15.4 Å². The number of ether oxygens (including phenoxy) is 1. The number of halogens is 3. The molecule has 0 radical (unpaired) electrons. The van der Waals surface area contributed by atoms with Crippen molar-refractivity contribution >= 4 is 39.3 Å². The predicted octanol–water partition coefficient (Wildman–Crippen LogP) is 4.65. The van der Waals surface area contributed by atoms with Gasteiger partial charge in [-0.2, -0.15) is 0 Å². The fourth-order valence-electron chi connectivity index (χ4n) is 2.31. The first-order valence-corrected chi connectivity index (χ1v) is 10.1. The number of thiophene rings is 1. The number of rotatable bonds is 6. The van der Waals surface area contributed by atoms with Crippen LogP contribution in [0.3, 0.4) is 0 Å². The summed E-state index contributed by atoms with van der Waals surface area (Å²) in [5, 5.41) is 7.20. The Morgan fingerprint density at radius 2 is 1.93 bits per heavy atom. The quantitative estimate of drug-likeness (QED) is 0.639. The summed E-state index contributed by atoms with van der Waals surface area (Å²) in [6, 6.07) is 4.55. The predicted molar refractivity (Wildman–Crippen MR) is 108 cm³/mol. The van der Waals surface area contributed by atoms with Crippen LogP contribution in [-0.2, 0) is 11.2 Å². The molecule has 28 heavy (non-hydrogen) atoms. The molecule has 2 aromatic rings. The number of nitrogens with one attached hydrogen (secondary N) is 2. The molecule has 0 aliphatic heterocycles. The van der Waals surface area contributed by atoms with E-state index < -0.39 is 29.3 Å². The Hall–Kier alpha value is -2.00. The number of alkyl carbamates (subject to hydrolysis) is 1. The summed E-state index contributed by atoms with van der Waals surface area (Å²) in [6.45, 7) is 5.30. The van der Waals surface area contributed by atoms with Crippen molar-refractivity contribution in [2.75, 3.05) is 6.61 Å². The molecule has 0 bridgehead atoms. The van der Waals surface area contributed by atoms with Gasteiger partial charge >= 0.3 is 6.09 Å². The molecule has 0 fully saturated rings. The summed E-state index contributed by atoms with van der Waals surface area (Å²) in [4.78, 5) is 24.8. The van der Waals surface area contributed by atoms with E-state index in [0.29, 0.717) is 10.4 Å². The standard InChI is InChI=1S/C19H21BrF2N2O3S/c1-19(2,3)24-18(26)27-9-13(6-11-4-5-14(21)15(22)7-11)23-17(25)16-8-12(20)10-28-16/h4-5,7-8,10,13H,6,9H2,1-3H3,(H,23,25)(H,24,26)/t13-/m0/s1. The molecule has 0 saturated heterocycles. The molecule has 152 valence electrons. The van der Waals surface area contributed by atoms with Crippen LogP contribution in [0.2, 0.25) is 0 Å². The molecule has 0 aliphatic rings. The summed E-state index contributed by atoms with van der Waals surface area (Å²) in [6.07, 6.45) is -0.464. The Morgan fingerprint density at radius 3 is 2.50 bits per heavy atom. The van der Waals surface area contributed by atoms with Crippen molar-refractivity contribution in [3.63, 3.8) is 0 Å². The molecular formula is C19H21BrF2N2O3S. The van der Waals surface area contributed by atoms with Crippen molar-refractivity contribution in [2.24, 2.45) is 0 Å². The largest absolute Gasteiger partial charge is 0.447 e. The lowest BCUT2D eigenvalue weighted by molar-refractivity contribution is 0.0889. The van der Waals surface area contributed by atoms with Crippen molar-refractivity contribution in [1.82, 2.24) is 10.6 Å². The Bertz CT molecular complexity index is 852. The molecule has 2 rings (SSSR count). The fraction of sp³-hybridized carbons (Fsp3) is 0.368. The summed E-state index contributed by atoms with van der Waals surface area (Å²) in [7, 11) is 0. The highest BCUT2D eigenvalue weighted by molar-refractivity contribution is 9.10. The second-order valence-electron chi connectivity index (χ2n) is 7.23. The lowest BCUT2D eigenvalue weighted by Crippen LogP contribution is -2.44. The van der Waals surface area contributed by atoms with E-state index in [2.05, 4.69) is 26.6 Å². The summed E-state index contributed by atoms with van der Waals surface area (Å²) < 4.78 is 32.6. The van der Waals surface area contributed by atoms with E-state index in [1.165, 1.54) is 17.4 Å². The van der Waals surface area contributed by atoms with Gasteiger partial charge in [0.15, 0.2) is 11.6 Å². The zero-order chi connectivity index (χ0) is 20.9. The van der Waals surface area contributed by atoms with E-state index in [0.717, 1.165) is 16.6 Å². The smallest absolute Gasteiger partial charge is 0.407 e. The zero-order valence-electron chi connectivity index (χ0n) is 15.6. The third-order valence-corrected chi connectivity index (χ3v) is 5.18. The van der Waals surface area contributed by atoms with Crippen molar-refractivity contribution < 1.29 is 23.1 Å². The van der Waals surface area contributed by atoms with Gasteiger partial charge in [-0.3, -0.25) is 4.79 Å². The molecular weight excluding hydrogens is 454 g/mol. The summed E-state index contributed by atoms with van der Waals surface area (Å²) >= 11 is 4.54. The van der Waals surface area contributed by atoms with E-state index in [1.54, 1.807) is 11.4 Å². The number of carbonyl (C=O) groups excluding carboxylic acids is 2. The molecule has 0 spiro atoms. The molecule has 0 unspecified atom stereocenters. The van der Waals surface area contributed by atoms with Crippen LogP contribution in [0.5, 0.6) is 0 Å². The monoisotopic (exact) mass is 474 g/mol. The van der Waals surface area contributed by atoms with E-state index in [-0.39, 0.29) is 18.9 Å². The molecule has 1 aromatic carbocycles. The zero-order valence-corrected chi connectivity index (χ0v) is 18.0. The maximum atomic E-state index is 13.5. The van der Waals surface area contributed by atoms with Gasteiger partial charge in [0.2, 0.25) is 0 Å². The SMILES string of the molecule is CC(C)(C)NC(=O)OC[C@H](Cc1ccc(F)c(F)c1)NC(=O)c1cc(Br)cs1. The maximum absolute atomic E-state index is 13.5. The van der Waals surface area contributed by atoms with Crippen LogP contribution >= 0.6 is 27.3 Å². The number of hydrogen-bond acceptors (Lipinski definition) is 4. The van der Waals surface area contributed by atoms with E-state index in [4.69, 9.17) is 4.74 Å². The van der Waals surface area contributed by atoms with Gasteiger partial charge in [0.1, 0.15) is 6.61 Å². The number of hydrogen-bond donors (Lipinski definition) is 2. The van der Waals surface area contributed by atoms with Crippen molar-refractivity contribution in [2.45, 2.75) is 38.8 Å². The van der Waals surface area contributed by atoms with Crippen LogP contribution in [0.1, 0.15) is 36.0 Å². The van der Waals surface area contributed by atoms with Gasteiger partial charge in [-0.25, -0.2) is 13.6 Å². The Balaban J connectivity index is 2.08. The molecule has 9 heteroatoms. The number of carbonyl (C=O) groups is 2. The van der Waals surface area contributed by atoms with Crippen LogP contribution < -0.4 is 10.6 Å². The lowest BCUT2D eigenvalue weighted by atomic mass is 10.1. The molecule has 0 saturated carbocycles. The second-order valence-corrected chi connectivity index (χ2v) is 9.05. The molecule has 0 aliphatic carbocycles. The van der Waals surface area contributed by atoms with Gasteiger partial charge in [0, 0.05) is 15.4 Å². The summed E-state index contributed by atoms with van der Waals surface area (Å²) in [5.74, 6) is -2.27. The van der Waals surface area contributed by atoms with Gasteiger partial charge in [-0.1, -0.05) is 6.07 Å². The van der Waals surface area contributed by atoms with Gasteiger partial charge in [0.25, 0.3) is 5.91 Å². The third-order valence-electron chi connectivity index (χ3n) is 3.49. The van der Waals surface area contributed by atoms with Gasteiger partial charge in [-0.05, 0) is 66.9 Å². The number of benzene rings is 1. The normalized spacial score (nSPS) is 12.4. The number of amides is 2. The Labute approximate surface area is 174 Å². The van der Waals surface area contributed by atoms with Crippen LogP contribution in [0.4, 0.5) is 13.6 Å². The fourth-order valence-corrected chi connectivity index (χ4v) is 3.64. The van der Waals surface area contributed by atoms with Gasteiger partial charge in [0.05, 0.1) is 10.9 Å². The molecule has 5 nitrogen and oxygen atoms in total. The average Bonchev–Trinajstić information content (AvgIpc) is 3.01. The third kappa shape index (κ3) is 7.20. The second kappa shape index (κ2) is 9.47. The first-order chi connectivity index (χ1) is 13.0. The first-order valence-electron chi connectivity index (χ1n) is 8.47. The van der Waals surface area contributed by atoms with Crippen LogP contribution in [-0.4, -0.2) is 30.2 Å². The highest BCUT2D eigenvalue weighted by Crippen LogP contribution is 2.20. The molecule has 1 heterocycles. The van der Waals surface area contributed by atoms with Crippen molar-refractivity contribution in [3.05, 3.63) is 56.2 Å². The molecule has 2 N–H and O–H groups in total. The maximum Gasteiger partial charge on any atom is 0.407 e. The highest BCUT2D eigenvalue weighted by atomic mass is 79.9. The Kier molecular flexibility index (Phi) is 7.54. The van der Waals surface area contributed by atoms with Gasteiger partial charge in [-0.15, -0.1) is 11.3 Å².